The minimum atomic E-state index is -0.651. The van der Waals surface area contributed by atoms with E-state index in [1.807, 2.05) is 30.3 Å². The maximum absolute atomic E-state index is 10.4. The van der Waals surface area contributed by atoms with Gasteiger partial charge in [0.2, 0.25) is 0 Å². The highest BCUT2D eigenvalue weighted by Gasteiger charge is 2.37. The Bertz CT molecular complexity index is 304. The van der Waals surface area contributed by atoms with E-state index >= 15 is 0 Å². The second-order valence-electron chi connectivity index (χ2n) is 4.09. The number of hydrogen-bond acceptors (Lipinski definition) is 2. The number of rotatable bonds is 2. The van der Waals surface area contributed by atoms with Gasteiger partial charge in [-0.2, -0.15) is 0 Å². The first-order valence-electron chi connectivity index (χ1n) is 5.26. The second-order valence-corrected chi connectivity index (χ2v) is 4.09. The predicted octanol–water partition coefficient (Wildman–Crippen LogP) is 2.07. The molecule has 2 rings (SSSR count). The molecule has 2 nitrogen and oxygen atoms in total. The molecule has 1 aromatic rings. The molecular weight excluding hydrogens is 210 g/mol. The Morgan fingerprint density at radius 1 is 1.40 bits per heavy atom. The lowest BCUT2D eigenvalue weighted by atomic mass is 9.91. The van der Waals surface area contributed by atoms with Gasteiger partial charge in [-0.1, -0.05) is 37.3 Å². The van der Waals surface area contributed by atoms with Gasteiger partial charge in [-0.3, -0.25) is 0 Å². The molecular formula is C12H18ClNO. The molecule has 0 amide bonds. The number of β-amino-alcohol motifs (C(OH)–C–C–N with tert-alkyl or cyclic N) is 1. The largest absolute Gasteiger partial charge is 0.384 e. The lowest BCUT2D eigenvalue weighted by Gasteiger charge is -2.22. The van der Waals surface area contributed by atoms with Crippen LogP contribution in [-0.4, -0.2) is 17.7 Å². The second kappa shape index (κ2) is 4.97. The fraction of sp³-hybridized carbons (Fsp3) is 0.500. The van der Waals surface area contributed by atoms with Gasteiger partial charge in [0.05, 0.1) is 0 Å². The Morgan fingerprint density at radius 3 is 2.60 bits per heavy atom. The van der Waals surface area contributed by atoms with Crippen LogP contribution in [0.5, 0.6) is 0 Å². The number of aliphatic hydroxyl groups is 1. The molecule has 1 heterocycles. The summed E-state index contributed by atoms with van der Waals surface area (Å²) in [6.45, 7) is 2.82. The lowest BCUT2D eigenvalue weighted by Crippen LogP contribution is -2.28. The molecule has 84 valence electrons. The molecule has 2 N–H and O–H groups in total. The van der Waals surface area contributed by atoms with Gasteiger partial charge in [0.25, 0.3) is 0 Å². The average molecular weight is 228 g/mol. The van der Waals surface area contributed by atoms with Crippen molar-refractivity contribution in [2.45, 2.75) is 31.4 Å². The van der Waals surface area contributed by atoms with Crippen molar-refractivity contribution in [3.63, 3.8) is 0 Å². The summed E-state index contributed by atoms with van der Waals surface area (Å²) in [5, 5.41) is 13.7. The van der Waals surface area contributed by atoms with Crippen LogP contribution in [0.1, 0.15) is 25.3 Å². The minimum Gasteiger partial charge on any atom is -0.384 e. The maximum atomic E-state index is 10.4. The van der Waals surface area contributed by atoms with Crippen LogP contribution in [0, 0.1) is 0 Å². The quantitative estimate of drug-likeness (QED) is 0.811. The van der Waals surface area contributed by atoms with E-state index < -0.39 is 5.60 Å². The first kappa shape index (κ1) is 12.5. The Labute approximate surface area is 97.1 Å². The van der Waals surface area contributed by atoms with Crippen LogP contribution in [-0.2, 0) is 5.60 Å². The monoisotopic (exact) mass is 227 g/mol. The van der Waals surface area contributed by atoms with Crippen molar-refractivity contribution in [2.24, 2.45) is 0 Å². The smallest absolute Gasteiger partial charge is 0.103 e. The summed E-state index contributed by atoms with van der Waals surface area (Å²) in [7, 11) is 0. The van der Waals surface area contributed by atoms with Gasteiger partial charge in [-0.15, -0.1) is 12.4 Å². The average Bonchev–Trinajstić information content (AvgIpc) is 2.63. The zero-order valence-corrected chi connectivity index (χ0v) is 9.76. The molecule has 0 radical (unpaired) electrons. The number of benzene rings is 1. The van der Waals surface area contributed by atoms with Crippen molar-refractivity contribution in [3.05, 3.63) is 35.9 Å². The summed E-state index contributed by atoms with van der Waals surface area (Å²) < 4.78 is 0. The van der Waals surface area contributed by atoms with Crippen LogP contribution in [0.15, 0.2) is 30.3 Å². The van der Waals surface area contributed by atoms with Gasteiger partial charge in [0.15, 0.2) is 0 Å². The van der Waals surface area contributed by atoms with Crippen LogP contribution >= 0.6 is 12.4 Å². The van der Waals surface area contributed by atoms with E-state index in [1.165, 1.54) is 0 Å². The molecule has 3 heteroatoms. The standard InChI is InChI=1S/C12H17NO.ClH/c1-2-11-8-12(14,9-13-11)10-6-4-3-5-7-10;/h3-7,11,13-14H,2,8-9H2,1H3;1H. The summed E-state index contributed by atoms with van der Waals surface area (Å²) in [5.41, 5.74) is 0.380. The van der Waals surface area contributed by atoms with Gasteiger partial charge in [-0.25, -0.2) is 0 Å². The van der Waals surface area contributed by atoms with E-state index in [4.69, 9.17) is 0 Å². The highest BCUT2D eigenvalue weighted by Crippen LogP contribution is 2.31. The van der Waals surface area contributed by atoms with Crippen molar-refractivity contribution in [1.29, 1.82) is 0 Å². The van der Waals surface area contributed by atoms with Crippen LogP contribution in [0.2, 0.25) is 0 Å². The number of halogens is 1. The minimum absolute atomic E-state index is 0. The zero-order valence-electron chi connectivity index (χ0n) is 8.94. The van der Waals surface area contributed by atoms with Gasteiger partial charge in [-0.05, 0) is 18.4 Å². The predicted molar refractivity (Wildman–Crippen MR) is 64.3 cm³/mol. The zero-order chi connectivity index (χ0) is 10.0. The summed E-state index contributed by atoms with van der Waals surface area (Å²) in [6.07, 6.45) is 1.91. The molecule has 0 aromatic heterocycles. The van der Waals surface area contributed by atoms with Crippen molar-refractivity contribution in [1.82, 2.24) is 5.32 Å². The Kier molecular flexibility index (Phi) is 4.14. The fourth-order valence-electron chi connectivity index (χ4n) is 2.12. The molecule has 1 aliphatic heterocycles. The van der Waals surface area contributed by atoms with Crippen molar-refractivity contribution >= 4 is 12.4 Å². The van der Waals surface area contributed by atoms with Crippen LogP contribution in [0.4, 0.5) is 0 Å². The molecule has 2 atom stereocenters. The van der Waals surface area contributed by atoms with Crippen LogP contribution < -0.4 is 5.32 Å². The molecule has 0 saturated carbocycles. The van der Waals surface area contributed by atoms with E-state index in [9.17, 15) is 5.11 Å². The topological polar surface area (TPSA) is 32.3 Å². The molecule has 2 unspecified atom stereocenters. The third-order valence-electron chi connectivity index (χ3n) is 3.07. The van der Waals surface area contributed by atoms with Crippen molar-refractivity contribution in [3.8, 4) is 0 Å². The van der Waals surface area contributed by atoms with Crippen molar-refractivity contribution < 1.29 is 5.11 Å². The van der Waals surface area contributed by atoms with E-state index in [-0.39, 0.29) is 12.4 Å². The lowest BCUT2D eigenvalue weighted by molar-refractivity contribution is 0.0558. The Hall–Kier alpha value is -0.570. The molecule has 1 fully saturated rings. The molecule has 1 aliphatic rings. The highest BCUT2D eigenvalue weighted by molar-refractivity contribution is 5.85. The maximum Gasteiger partial charge on any atom is 0.103 e. The van der Waals surface area contributed by atoms with E-state index in [0.29, 0.717) is 12.6 Å². The van der Waals surface area contributed by atoms with Crippen LogP contribution in [0.25, 0.3) is 0 Å². The number of nitrogens with one attached hydrogen (secondary N) is 1. The van der Waals surface area contributed by atoms with E-state index in [2.05, 4.69) is 12.2 Å². The SMILES string of the molecule is CCC1CC(O)(c2ccccc2)CN1.Cl. The molecule has 1 aromatic carbocycles. The van der Waals surface area contributed by atoms with Gasteiger partial charge in [0.1, 0.15) is 5.60 Å². The highest BCUT2D eigenvalue weighted by atomic mass is 35.5. The third kappa shape index (κ3) is 2.51. The van der Waals surface area contributed by atoms with Gasteiger partial charge in [0, 0.05) is 12.6 Å². The molecule has 15 heavy (non-hydrogen) atoms. The molecule has 1 saturated heterocycles. The van der Waals surface area contributed by atoms with Gasteiger partial charge < -0.3 is 10.4 Å². The first-order chi connectivity index (χ1) is 6.74. The van der Waals surface area contributed by atoms with Gasteiger partial charge >= 0.3 is 0 Å². The van der Waals surface area contributed by atoms with E-state index in [0.717, 1.165) is 18.4 Å². The third-order valence-corrected chi connectivity index (χ3v) is 3.07. The Balaban J connectivity index is 0.00000112. The first-order valence-corrected chi connectivity index (χ1v) is 5.26. The summed E-state index contributed by atoms with van der Waals surface area (Å²) in [4.78, 5) is 0. The molecule has 0 bridgehead atoms. The normalized spacial score (nSPS) is 29.9. The van der Waals surface area contributed by atoms with E-state index in [1.54, 1.807) is 0 Å². The molecule has 0 aliphatic carbocycles. The molecule has 0 spiro atoms. The summed E-state index contributed by atoms with van der Waals surface area (Å²) in [6, 6.07) is 10.4. The van der Waals surface area contributed by atoms with Crippen LogP contribution in [0.3, 0.4) is 0 Å². The van der Waals surface area contributed by atoms with Crippen molar-refractivity contribution in [2.75, 3.05) is 6.54 Å². The summed E-state index contributed by atoms with van der Waals surface area (Å²) >= 11 is 0. The number of hydrogen-bond donors (Lipinski definition) is 2. The Morgan fingerprint density at radius 2 is 2.07 bits per heavy atom. The summed E-state index contributed by atoms with van der Waals surface area (Å²) in [5.74, 6) is 0. The fourth-order valence-corrected chi connectivity index (χ4v) is 2.12.